The molecule has 0 aliphatic carbocycles. The van der Waals surface area contributed by atoms with Crippen LogP contribution in [0.1, 0.15) is 30.6 Å². The summed E-state index contributed by atoms with van der Waals surface area (Å²) in [7, 11) is 0.279. The number of anilines is 1. The molecule has 2 atom stereocenters. The summed E-state index contributed by atoms with van der Waals surface area (Å²) >= 11 is 7.73. The van der Waals surface area contributed by atoms with Crippen molar-refractivity contribution in [3.05, 3.63) is 53.1 Å². The van der Waals surface area contributed by atoms with Crippen molar-refractivity contribution in [3.63, 3.8) is 0 Å². The molecule has 0 N–H and O–H groups in total. The lowest BCUT2D eigenvalue weighted by Crippen LogP contribution is -2.48. The van der Waals surface area contributed by atoms with Crippen LogP contribution in [0.3, 0.4) is 0 Å². The molecule has 0 bridgehead atoms. The minimum absolute atomic E-state index is 0.159. The highest BCUT2D eigenvalue weighted by molar-refractivity contribution is 7.89. The fraction of sp³-hybridized carbons (Fsp3) is 0.440. The van der Waals surface area contributed by atoms with Crippen molar-refractivity contribution in [1.82, 2.24) is 14.2 Å². The fourth-order valence-corrected chi connectivity index (χ4v) is 7.13. The number of carbonyl (C=O) groups excluding carboxylic acids is 1. The maximum atomic E-state index is 13.6. The molecule has 0 spiro atoms. The van der Waals surface area contributed by atoms with E-state index in [0.29, 0.717) is 40.9 Å². The Labute approximate surface area is 221 Å². The van der Waals surface area contributed by atoms with E-state index in [1.807, 2.05) is 40.1 Å². The van der Waals surface area contributed by atoms with Crippen molar-refractivity contribution < 1.29 is 17.9 Å². The second-order valence-electron chi connectivity index (χ2n) is 9.30. The number of morpholine rings is 1. The molecule has 2 aromatic carbocycles. The Morgan fingerprint density at radius 1 is 1.11 bits per heavy atom. The lowest BCUT2D eigenvalue weighted by molar-refractivity contribution is -0.0440. The number of halogens is 1. The number of hydrogen-bond acceptors (Lipinski definition) is 7. The number of carbonyl (C=O) groups is 1. The smallest absolute Gasteiger partial charge is 0.260 e. The van der Waals surface area contributed by atoms with Gasteiger partial charge in [0.1, 0.15) is 5.52 Å². The van der Waals surface area contributed by atoms with Crippen molar-refractivity contribution in [2.75, 3.05) is 45.2 Å². The van der Waals surface area contributed by atoms with Crippen LogP contribution in [0, 0.1) is 0 Å². The van der Waals surface area contributed by atoms with E-state index in [-0.39, 0.29) is 23.0 Å². The van der Waals surface area contributed by atoms with Crippen molar-refractivity contribution in [2.45, 2.75) is 37.4 Å². The quantitative estimate of drug-likeness (QED) is 0.415. The normalized spacial score (nSPS) is 19.2. The second kappa shape index (κ2) is 11.1. The molecule has 1 aromatic heterocycles. The van der Waals surface area contributed by atoms with Gasteiger partial charge >= 0.3 is 0 Å². The van der Waals surface area contributed by atoms with Gasteiger partial charge in [-0.3, -0.25) is 9.69 Å². The molecular formula is C25H31ClN4O4S2. The predicted octanol–water partition coefficient (Wildman–Crippen LogP) is 4.35. The van der Waals surface area contributed by atoms with Crippen LogP contribution in [0.2, 0.25) is 5.02 Å². The van der Waals surface area contributed by atoms with E-state index < -0.39 is 10.0 Å². The second-order valence-corrected chi connectivity index (χ2v) is 12.7. The highest BCUT2D eigenvalue weighted by Crippen LogP contribution is 2.33. The summed E-state index contributed by atoms with van der Waals surface area (Å²) in [6, 6.07) is 11.7. The van der Waals surface area contributed by atoms with Crippen LogP contribution in [-0.4, -0.2) is 81.0 Å². The van der Waals surface area contributed by atoms with Gasteiger partial charge in [-0.1, -0.05) is 29.0 Å². The molecule has 0 radical (unpaired) electrons. The van der Waals surface area contributed by atoms with Gasteiger partial charge in [-0.2, -0.15) is 4.31 Å². The number of para-hydroxylation sites is 1. The number of benzene rings is 2. The Hall–Kier alpha value is -2.08. The highest BCUT2D eigenvalue weighted by atomic mass is 35.5. The van der Waals surface area contributed by atoms with Crippen LogP contribution >= 0.6 is 22.9 Å². The van der Waals surface area contributed by atoms with Gasteiger partial charge in [-0.05, 0) is 77.3 Å². The SMILES string of the molecule is C[C@H]1CN(S(=O)(=O)c2ccc(C(=O)N(CCCN(C)C)c3nc4c(Cl)cccc4s3)cc2)C[C@H](C)O1. The van der Waals surface area contributed by atoms with Crippen LogP contribution in [0.15, 0.2) is 47.4 Å². The predicted molar refractivity (Wildman–Crippen MR) is 145 cm³/mol. The Morgan fingerprint density at radius 3 is 2.39 bits per heavy atom. The molecule has 0 unspecified atom stereocenters. The zero-order valence-corrected chi connectivity index (χ0v) is 23.2. The molecule has 1 saturated heterocycles. The van der Waals surface area contributed by atoms with Gasteiger partial charge in [0.05, 0.1) is 26.8 Å². The molecule has 1 fully saturated rings. The molecule has 194 valence electrons. The van der Waals surface area contributed by atoms with Crippen molar-refractivity contribution >= 4 is 54.2 Å². The van der Waals surface area contributed by atoms with Gasteiger partial charge in [-0.15, -0.1) is 0 Å². The number of nitrogens with zero attached hydrogens (tertiary/aromatic N) is 4. The number of ether oxygens (including phenoxy) is 1. The molecule has 8 nitrogen and oxygen atoms in total. The molecule has 1 amide bonds. The van der Waals surface area contributed by atoms with Crippen LogP contribution < -0.4 is 4.90 Å². The number of hydrogen-bond donors (Lipinski definition) is 0. The molecule has 2 heterocycles. The first-order valence-corrected chi connectivity index (χ1v) is 14.5. The standard InChI is InChI=1S/C25H31ClN4O4S2/c1-17-15-29(16-18(2)34-17)36(32,33)20-11-9-19(10-12-20)24(31)30(14-6-13-28(3)4)25-27-23-21(26)7-5-8-22(23)35-25/h5,7-12,17-18H,6,13-16H2,1-4H3/t17-,18-/m0/s1. The highest BCUT2D eigenvalue weighted by Gasteiger charge is 2.32. The van der Waals surface area contributed by atoms with E-state index in [4.69, 9.17) is 16.3 Å². The molecule has 1 aliphatic heterocycles. The van der Waals surface area contributed by atoms with Crippen LogP contribution in [0.5, 0.6) is 0 Å². The summed E-state index contributed by atoms with van der Waals surface area (Å²) in [5.74, 6) is -0.235. The molecule has 0 saturated carbocycles. The Balaban J connectivity index is 1.60. The molecule has 11 heteroatoms. The number of amides is 1. The summed E-state index contributed by atoms with van der Waals surface area (Å²) in [6.07, 6.45) is 0.396. The van der Waals surface area contributed by atoms with E-state index in [9.17, 15) is 13.2 Å². The zero-order valence-electron chi connectivity index (χ0n) is 20.8. The van der Waals surface area contributed by atoms with Gasteiger partial charge in [0, 0.05) is 25.2 Å². The Kier molecular flexibility index (Phi) is 8.33. The van der Waals surface area contributed by atoms with Gasteiger partial charge < -0.3 is 9.64 Å². The average Bonchev–Trinajstić information content (AvgIpc) is 3.26. The van der Waals surface area contributed by atoms with E-state index in [0.717, 1.165) is 17.7 Å². The first kappa shape index (κ1) is 27.0. The van der Waals surface area contributed by atoms with Crippen molar-refractivity contribution in [3.8, 4) is 0 Å². The van der Waals surface area contributed by atoms with Crippen LogP contribution in [0.25, 0.3) is 10.2 Å². The van der Waals surface area contributed by atoms with Crippen molar-refractivity contribution in [1.29, 1.82) is 0 Å². The first-order valence-electron chi connectivity index (χ1n) is 11.8. The molecule has 36 heavy (non-hydrogen) atoms. The number of fused-ring (bicyclic) bond motifs is 1. The maximum absolute atomic E-state index is 13.6. The largest absolute Gasteiger partial charge is 0.373 e. The van der Waals surface area contributed by atoms with E-state index in [1.165, 1.54) is 27.8 Å². The van der Waals surface area contributed by atoms with E-state index in [1.54, 1.807) is 23.1 Å². The van der Waals surface area contributed by atoms with E-state index in [2.05, 4.69) is 9.88 Å². The fourth-order valence-electron chi connectivity index (χ4n) is 4.25. The summed E-state index contributed by atoms with van der Waals surface area (Å²) in [6.45, 7) is 5.60. The average molecular weight is 551 g/mol. The topological polar surface area (TPSA) is 83.1 Å². The first-order chi connectivity index (χ1) is 17.1. The summed E-state index contributed by atoms with van der Waals surface area (Å²) < 4.78 is 34.4. The summed E-state index contributed by atoms with van der Waals surface area (Å²) in [5, 5.41) is 1.10. The third-order valence-corrected chi connectivity index (χ3v) is 9.14. The minimum Gasteiger partial charge on any atom is -0.373 e. The van der Waals surface area contributed by atoms with Gasteiger partial charge in [0.25, 0.3) is 5.91 Å². The summed E-state index contributed by atoms with van der Waals surface area (Å²) in [4.78, 5) is 22.1. The summed E-state index contributed by atoms with van der Waals surface area (Å²) in [5.41, 5.74) is 1.06. The van der Waals surface area contributed by atoms with Crippen molar-refractivity contribution in [2.24, 2.45) is 0 Å². The number of rotatable bonds is 8. The number of sulfonamides is 1. The van der Waals surface area contributed by atoms with Crippen LogP contribution in [-0.2, 0) is 14.8 Å². The third kappa shape index (κ3) is 5.90. The molecule has 1 aliphatic rings. The van der Waals surface area contributed by atoms with Gasteiger partial charge in [0.2, 0.25) is 10.0 Å². The van der Waals surface area contributed by atoms with E-state index >= 15 is 0 Å². The van der Waals surface area contributed by atoms with Crippen LogP contribution in [0.4, 0.5) is 5.13 Å². The zero-order chi connectivity index (χ0) is 26.0. The molecular weight excluding hydrogens is 520 g/mol. The lowest BCUT2D eigenvalue weighted by atomic mass is 10.2. The maximum Gasteiger partial charge on any atom is 0.260 e. The lowest BCUT2D eigenvalue weighted by Gasteiger charge is -2.34. The Bertz CT molecular complexity index is 1320. The monoisotopic (exact) mass is 550 g/mol. The molecule has 4 rings (SSSR count). The van der Waals surface area contributed by atoms with Gasteiger partial charge in [0.15, 0.2) is 5.13 Å². The van der Waals surface area contributed by atoms with Gasteiger partial charge in [-0.25, -0.2) is 13.4 Å². The third-order valence-electron chi connectivity index (χ3n) is 5.95. The number of thiazole rings is 1. The Morgan fingerprint density at radius 2 is 1.78 bits per heavy atom. The minimum atomic E-state index is -3.69. The molecule has 3 aromatic rings. The number of aromatic nitrogens is 1.